The molecule has 0 rings (SSSR count). The molecule has 0 aliphatic carbocycles. The molecule has 0 saturated heterocycles. The highest BCUT2D eigenvalue weighted by atomic mass is 16.5. The van der Waals surface area contributed by atoms with Crippen molar-refractivity contribution in [1.82, 2.24) is 10.2 Å². The fraction of sp³-hybridized carbons (Fsp3) is 0.818. The van der Waals surface area contributed by atoms with Crippen LogP contribution in [0, 0.1) is 5.92 Å². The molecule has 7 nitrogen and oxygen atoms in total. The fourth-order valence-electron chi connectivity index (χ4n) is 1.30. The lowest BCUT2D eigenvalue weighted by Gasteiger charge is -2.24. The predicted octanol–water partition coefficient (Wildman–Crippen LogP) is -0.254. The molecule has 0 bridgehead atoms. The first-order valence-electron chi connectivity index (χ1n) is 5.81. The van der Waals surface area contributed by atoms with Crippen molar-refractivity contribution in [3.63, 3.8) is 0 Å². The molecular weight excluding hydrogens is 240 g/mol. The first kappa shape index (κ1) is 16.7. The molecule has 0 saturated carbocycles. The summed E-state index contributed by atoms with van der Waals surface area (Å²) >= 11 is 0. The standard InChI is InChI=1S/C11H22N2O5/c1-8(2)7-13(4-5-18-3)11(17)12-6-9(14)10(15)16/h8-9,14H,4-7H2,1-3H3,(H,12,17)(H,15,16). The van der Waals surface area contributed by atoms with Crippen molar-refractivity contribution in [2.45, 2.75) is 20.0 Å². The summed E-state index contributed by atoms with van der Waals surface area (Å²) in [6.45, 7) is 5.00. The average molecular weight is 262 g/mol. The number of carbonyl (C=O) groups excluding carboxylic acids is 1. The van der Waals surface area contributed by atoms with E-state index in [1.54, 1.807) is 7.11 Å². The number of carbonyl (C=O) groups is 2. The van der Waals surface area contributed by atoms with Crippen molar-refractivity contribution >= 4 is 12.0 Å². The number of hydrogen-bond donors (Lipinski definition) is 3. The largest absolute Gasteiger partial charge is 0.479 e. The summed E-state index contributed by atoms with van der Waals surface area (Å²) in [5.41, 5.74) is 0. The monoisotopic (exact) mass is 262 g/mol. The molecule has 0 spiro atoms. The molecule has 2 amide bonds. The van der Waals surface area contributed by atoms with E-state index in [0.29, 0.717) is 19.7 Å². The van der Waals surface area contributed by atoms with Crippen LogP contribution in [0.2, 0.25) is 0 Å². The third-order valence-electron chi connectivity index (χ3n) is 2.17. The highest BCUT2D eigenvalue weighted by Crippen LogP contribution is 1.99. The summed E-state index contributed by atoms with van der Waals surface area (Å²) in [6, 6.07) is -0.402. The lowest BCUT2D eigenvalue weighted by Crippen LogP contribution is -2.46. The second-order valence-electron chi connectivity index (χ2n) is 4.37. The van der Waals surface area contributed by atoms with Crippen LogP contribution in [0.15, 0.2) is 0 Å². The Kier molecular flexibility index (Phi) is 8.06. The Morgan fingerprint density at radius 2 is 2.00 bits per heavy atom. The van der Waals surface area contributed by atoms with Gasteiger partial charge in [0.2, 0.25) is 0 Å². The summed E-state index contributed by atoms with van der Waals surface area (Å²) in [5.74, 6) is -1.07. The second kappa shape index (κ2) is 8.71. The first-order valence-corrected chi connectivity index (χ1v) is 5.81. The van der Waals surface area contributed by atoms with E-state index in [2.05, 4.69) is 5.32 Å². The van der Waals surface area contributed by atoms with Gasteiger partial charge in [0.15, 0.2) is 6.10 Å². The maximum atomic E-state index is 11.8. The number of rotatable bonds is 8. The zero-order chi connectivity index (χ0) is 14.1. The number of amides is 2. The molecule has 0 heterocycles. The maximum Gasteiger partial charge on any atom is 0.334 e. The van der Waals surface area contributed by atoms with Crippen LogP contribution in [-0.4, -0.2) is 66.6 Å². The molecule has 0 aromatic carbocycles. The Labute approximate surface area is 107 Å². The Bertz CT molecular complexity index is 270. The van der Waals surface area contributed by atoms with Gasteiger partial charge in [0, 0.05) is 20.2 Å². The van der Waals surface area contributed by atoms with Gasteiger partial charge in [-0.25, -0.2) is 9.59 Å². The van der Waals surface area contributed by atoms with Gasteiger partial charge in [-0.05, 0) is 5.92 Å². The van der Waals surface area contributed by atoms with Gasteiger partial charge in [-0.15, -0.1) is 0 Å². The summed E-state index contributed by atoms with van der Waals surface area (Å²) in [7, 11) is 1.54. The Hall–Kier alpha value is -1.34. The van der Waals surface area contributed by atoms with Crippen LogP contribution in [0.25, 0.3) is 0 Å². The van der Waals surface area contributed by atoms with E-state index < -0.39 is 18.1 Å². The molecule has 106 valence electrons. The van der Waals surface area contributed by atoms with Gasteiger partial charge < -0.3 is 25.2 Å². The number of methoxy groups -OCH3 is 1. The number of carboxylic acid groups (broad SMARTS) is 1. The average Bonchev–Trinajstić information content (AvgIpc) is 2.30. The third kappa shape index (κ3) is 7.08. The van der Waals surface area contributed by atoms with E-state index in [9.17, 15) is 9.59 Å². The molecule has 0 aliphatic heterocycles. The number of carboxylic acids is 1. The van der Waals surface area contributed by atoms with Gasteiger partial charge in [0.1, 0.15) is 0 Å². The number of nitrogens with one attached hydrogen (secondary N) is 1. The lowest BCUT2D eigenvalue weighted by molar-refractivity contribution is -0.146. The highest BCUT2D eigenvalue weighted by molar-refractivity contribution is 5.76. The summed E-state index contributed by atoms with van der Waals surface area (Å²) in [6.07, 6.45) is -1.59. The van der Waals surface area contributed by atoms with Gasteiger partial charge in [-0.2, -0.15) is 0 Å². The number of aliphatic hydroxyl groups is 1. The minimum atomic E-state index is -1.59. The van der Waals surface area contributed by atoms with E-state index in [1.165, 1.54) is 4.90 Å². The number of urea groups is 1. The van der Waals surface area contributed by atoms with Crippen molar-refractivity contribution < 1.29 is 24.5 Å². The van der Waals surface area contributed by atoms with Crippen LogP contribution < -0.4 is 5.32 Å². The number of nitrogens with zero attached hydrogens (tertiary/aromatic N) is 1. The smallest absolute Gasteiger partial charge is 0.334 e. The SMILES string of the molecule is COCCN(CC(C)C)C(=O)NCC(O)C(=O)O. The molecule has 0 fully saturated rings. The van der Waals surface area contributed by atoms with Crippen molar-refractivity contribution in [3.8, 4) is 0 Å². The van der Waals surface area contributed by atoms with Crippen LogP contribution in [0.3, 0.4) is 0 Å². The zero-order valence-electron chi connectivity index (χ0n) is 11.0. The molecule has 1 unspecified atom stereocenters. The van der Waals surface area contributed by atoms with Crippen molar-refractivity contribution in [2.75, 3.05) is 33.4 Å². The Balaban J connectivity index is 4.23. The quantitative estimate of drug-likeness (QED) is 0.560. The number of hydrogen-bond acceptors (Lipinski definition) is 4. The van der Waals surface area contributed by atoms with Crippen LogP contribution in [0.1, 0.15) is 13.8 Å². The Morgan fingerprint density at radius 3 is 2.44 bits per heavy atom. The van der Waals surface area contributed by atoms with E-state index in [1.807, 2.05) is 13.8 Å². The van der Waals surface area contributed by atoms with Crippen molar-refractivity contribution in [1.29, 1.82) is 0 Å². The van der Waals surface area contributed by atoms with Gasteiger partial charge in [0.25, 0.3) is 0 Å². The number of ether oxygens (including phenoxy) is 1. The van der Waals surface area contributed by atoms with E-state index >= 15 is 0 Å². The minimum absolute atomic E-state index is 0.289. The lowest BCUT2D eigenvalue weighted by atomic mass is 10.2. The molecule has 1 atom stereocenters. The predicted molar refractivity (Wildman–Crippen MR) is 65.3 cm³/mol. The summed E-state index contributed by atoms with van der Waals surface area (Å²) < 4.78 is 4.90. The molecule has 0 aromatic heterocycles. The van der Waals surface area contributed by atoms with E-state index in [0.717, 1.165) is 0 Å². The molecular formula is C11H22N2O5. The van der Waals surface area contributed by atoms with Gasteiger partial charge in [0.05, 0.1) is 13.2 Å². The molecule has 18 heavy (non-hydrogen) atoms. The van der Waals surface area contributed by atoms with Crippen molar-refractivity contribution in [2.24, 2.45) is 5.92 Å². The molecule has 3 N–H and O–H groups in total. The van der Waals surface area contributed by atoms with Gasteiger partial charge in [-0.1, -0.05) is 13.8 Å². The van der Waals surface area contributed by atoms with Crippen molar-refractivity contribution in [3.05, 3.63) is 0 Å². The molecule has 0 aromatic rings. The summed E-state index contributed by atoms with van der Waals surface area (Å²) in [5, 5.41) is 19.9. The van der Waals surface area contributed by atoms with E-state index in [-0.39, 0.29) is 12.5 Å². The maximum absolute atomic E-state index is 11.8. The van der Waals surface area contributed by atoms with Crippen LogP contribution in [0.5, 0.6) is 0 Å². The molecule has 0 aliphatic rings. The van der Waals surface area contributed by atoms with Gasteiger partial charge in [-0.3, -0.25) is 0 Å². The van der Waals surface area contributed by atoms with Crippen LogP contribution in [-0.2, 0) is 9.53 Å². The fourth-order valence-corrected chi connectivity index (χ4v) is 1.30. The topological polar surface area (TPSA) is 99.1 Å². The number of aliphatic carboxylic acids is 1. The van der Waals surface area contributed by atoms with Crippen LogP contribution in [0.4, 0.5) is 4.79 Å². The van der Waals surface area contributed by atoms with E-state index in [4.69, 9.17) is 14.9 Å². The zero-order valence-corrected chi connectivity index (χ0v) is 11.0. The molecule has 0 radical (unpaired) electrons. The second-order valence-corrected chi connectivity index (χ2v) is 4.37. The third-order valence-corrected chi connectivity index (χ3v) is 2.17. The highest BCUT2D eigenvalue weighted by Gasteiger charge is 2.18. The summed E-state index contributed by atoms with van der Waals surface area (Å²) in [4.78, 5) is 23.7. The van der Waals surface area contributed by atoms with Crippen LogP contribution >= 0.6 is 0 Å². The van der Waals surface area contributed by atoms with Gasteiger partial charge >= 0.3 is 12.0 Å². The minimum Gasteiger partial charge on any atom is -0.479 e. The molecule has 7 heteroatoms. The normalized spacial score (nSPS) is 12.3. The number of aliphatic hydroxyl groups excluding tert-OH is 1. The Morgan fingerprint density at radius 1 is 1.39 bits per heavy atom. The first-order chi connectivity index (χ1) is 8.38.